The second-order valence-corrected chi connectivity index (χ2v) is 2.22. The first kappa shape index (κ1) is 20.7. The summed E-state index contributed by atoms with van der Waals surface area (Å²) < 4.78 is 0. The van der Waals surface area contributed by atoms with Crippen LogP contribution in [0.25, 0.3) is 0 Å². The predicted molar refractivity (Wildman–Crippen MR) is 34.1 cm³/mol. The Bertz CT molecular complexity index is 234. The molecule has 0 aliphatic carbocycles. The summed E-state index contributed by atoms with van der Waals surface area (Å²) >= 11 is 0. The van der Waals surface area contributed by atoms with Crippen LogP contribution in [0.3, 0.4) is 0 Å². The van der Waals surface area contributed by atoms with E-state index in [9.17, 15) is 24.6 Å². The molecule has 0 aliphatic heterocycles. The first-order chi connectivity index (χ1) is 5.93. The molecular weight excluding hydrogens is 228 g/mol. The minimum Gasteiger partial charge on any atom is -0.550 e. The maximum atomic E-state index is 10.2. The van der Waals surface area contributed by atoms with Crippen LogP contribution in [0.15, 0.2) is 0 Å². The van der Waals surface area contributed by atoms with E-state index in [1.54, 1.807) is 0 Å². The van der Waals surface area contributed by atoms with E-state index in [1.807, 2.05) is 5.32 Å². The van der Waals surface area contributed by atoms with Crippen molar-refractivity contribution in [2.45, 2.75) is 12.5 Å². The van der Waals surface area contributed by atoms with E-state index < -0.39 is 36.9 Å². The first-order valence-electron chi connectivity index (χ1n) is 3.29. The SMILES string of the molecule is O=C([O-])C[C@H](NCC(=O)O)C(=O)[O-].[Na+].[Na+]. The van der Waals surface area contributed by atoms with Crippen LogP contribution < -0.4 is 74.6 Å². The predicted octanol–water partition coefficient (Wildman–Crippen LogP) is -10.1. The van der Waals surface area contributed by atoms with Crippen molar-refractivity contribution in [2.24, 2.45) is 0 Å². The van der Waals surface area contributed by atoms with E-state index >= 15 is 0 Å². The van der Waals surface area contributed by atoms with Gasteiger partial charge >= 0.3 is 65.1 Å². The molecule has 7 nitrogen and oxygen atoms in total. The number of carbonyl (C=O) groups excluding carboxylic acids is 2. The summed E-state index contributed by atoms with van der Waals surface area (Å²) in [7, 11) is 0. The van der Waals surface area contributed by atoms with Gasteiger partial charge in [0, 0.05) is 12.4 Å². The van der Waals surface area contributed by atoms with Crippen molar-refractivity contribution in [2.75, 3.05) is 6.54 Å². The molecule has 0 bridgehead atoms. The monoisotopic (exact) mass is 235 g/mol. The van der Waals surface area contributed by atoms with Crippen molar-refractivity contribution in [3.05, 3.63) is 0 Å². The minimum absolute atomic E-state index is 0. The molecule has 0 aromatic rings. The Kier molecular flexibility index (Phi) is 15.0. The van der Waals surface area contributed by atoms with Crippen LogP contribution >= 0.6 is 0 Å². The van der Waals surface area contributed by atoms with Gasteiger partial charge in [0.2, 0.25) is 0 Å². The van der Waals surface area contributed by atoms with Gasteiger partial charge in [-0.25, -0.2) is 0 Å². The minimum atomic E-state index is -1.68. The molecule has 0 heterocycles. The molecule has 0 rings (SSSR count). The number of aliphatic carboxylic acids is 3. The van der Waals surface area contributed by atoms with Gasteiger partial charge in [-0.15, -0.1) is 0 Å². The van der Waals surface area contributed by atoms with Crippen molar-refractivity contribution >= 4 is 17.9 Å². The number of carbonyl (C=O) groups is 3. The van der Waals surface area contributed by atoms with Gasteiger partial charge in [0.15, 0.2) is 0 Å². The molecule has 0 unspecified atom stereocenters. The fourth-order valence-electron chi connectivity index (χ4n) is 0.616. The molecule has 0 amide bonds. The number of hydrogen-bond acceptors (Lipinski definition) is 6. The van der Waals surface area contributed by atoms with Crippen LogP contribution in [-0.2, 0) is 14.4 Å². The molecule has 0 saturated heterocycles. The quantitative estimate of drug-likeness (QED) is 0.437. The number of hydrogen-bond donors (Lipinski definition) is 2. The smallest absolute Gasteiger partial charge is 0.550 e. The standard InChI is InChI=1S/C6H9NO6.2Na/c8-4(9)1-3(6(12)13)7-2-5(10)11;;/h3,7H,1-2H2,(H,8,9)(H,10,11)(H,12,13);;/q;2*+1/p-2/t3-;;/m0../s1. The third-order valence-electron chi connectivity index (χ3n) is 1.15. The zero-order chi connectivity index (χ0) is 10.4. The molecule has 1 atom stereocenters. The summed E-state index contributed by atoms with van der Waals surface area (Å²) in [5.41, 5.74) is 0. The van der Waals surface area contributed by atoms with Crippen LogP contribution in [0.4, 0.5) is 0 Å². The van der Waals surface area contributed by atoms with E-state index in [0.29, 0.717) is 0 Å². The van der Waals surface area contributed by atoms with Gasteiger partial charge < -0.3 is 24.9 Å². The molecule has 0 radical (unpaired) electrons. The van der Waals surface area contributed by atoms with Gasteiger partial charge in [-0.1, -0.05) is 0 Å². The number of carboxylic acids is 3. The number of rotatable bonds is 6. The van der Waals surface area contributed by atoms with Gasteiger partial charge in [0.1, 0.15) is 0 Å². The van der Waals surface area contributed by atoms with Gasteiger partial charge in [0.25, 0.3) is 0 Å². The van der Waals surface area contributed by atoms with Crippen molar-refractivity contribution < 1.29 is 88.8 Å². The summed E-state index contributed by atoms with van der Waals surface area (Å²) in [5.74, 6) is -4.55. The van der Waals surface area contributed by atoms with E-state index in [-0.39, 0.29) is 59.1 Å². The Labute approximate surface area is 130 Å². The fourth-order valence-corrected chi connectivity index (χ4v) is 0.616. The summed E-state index contributed by atoms with van der Waals surface area (Å²) in [6.07, 6.45) is -0.824. The van der Waals surface area contributed by atoms with E-state index in [1.165, 1.54) is 0 Å². The van der Waals surface area contributed by atoms with E-state index in [4.69, 9.17) is 5.11 Å². The molecule has 0 aromatic heterocycles. The summed E-state index contributed by atoms with van der Waals surface area (Å²) in [6.45, 7) is -0.647. The van der Waals surface area contributed by atoms with Crippen LogP contribution in [0.5, 0.6) is 0 Å². The van der Waals surface area contributed by atoms with Crippen LogP contribution in [0.2, 0.25) is 0 Å². The molecule has 0 saturated carbocycles. The van der Waals surface area contributed by atoms with Gasteiger partial charge in [-0.05, 0) is 0 Å². The van der Waals surface area contributed by atoms with E-state index in [0.717, 1.165) is 0 Å². The fraction of sp³-hybridized carbons (Fsp3) is 0.500. The molecule has 0 spiro atoms. The topological polar surface area (TPSA) is 130 Å². The van der Waals surface area contributed by atoms with E-state index in [2.05, 4.69) is 0 Å². The molecule has 74 valence electrons. The summed E-state index contributed by atoms with van der Waals surface area (Å²) in [6, 6.07) is -1.54. The molecular formula is C6H7NNa2O6. The Balaban J connectivity index is -0.000000720. The molecule has 0 fully saturated rings. The Morgan fingerprint density at radius 3 is 1.93 bits per heavy atom. The number of carboxylic acid groups (broad SMARTS) is 3. The summed E-state index contributed by atoms with van der Waals surface area (Å²) in [4.78, 5) is 30.1. The zero-order valence-electron chi connectivity index (χ0n) is 8.48. The van der Waals surface area contributed by atoms with Crippen molar-refractivity contribution in [1.29, 1.82) is 0 Å². The second-order valence-electron chi connectivity index (χ2n) is 2.22. The largest absolute Gasteiger partial charge is 1.00 e. The maximum Gasteiger partial charge on any atom is 1.00 e. The van der Waals surface area contributed by atoms with Crippen LogP contribution in [0, 0.1) is 0 Å². The first-order valence-corrected chi connectivity index (χ1v) is 3.29. The third-order valence-corrected chi connectivity index (χ3v) is 1.15. The molecule has 0 aromatic carbocycles. The molecule has 9 heteroatoms. The molecule has 15 heavy (non-hydrogen) atoms. The zero-order valence-corrected chi connectivity index (χ0v) is 12.5. The third kappa shape index (κ3) is 12.3. The average Bonchev–Trinajstić information content (AvgIpc) is 1.96. The molecule has 0 aliphatic rings. The Hall–Kier alpha value is 0.370. The van der Waals surface area contributed by atoms with Crippen LogP contribution in [-0.4, -0.2) is 35.6 Å². The van der Waals surface area contributed by atoms with Crippen molar-refractivity contribution in [1.82, 2.24) is 5.32 Å². The molecule has 2 N–H and O–H groups in total. The van der Waals surface area contributed by atoms with Crippen molar-refractivity contribution in [3.63, 3.8) is 0 Å². The second kappa shape index (κ2) is 10.9. The Morgan fingerprint density at radius 2 is 1.67 bits per heavy atom. The van der Waals surface area contributed by atoms with Crippen LogP contribution in [0.1, 0.15) is 6.42 Å². The van der Waals surface area contributed by atoms with Crippen molar-refractivity contribution in [3.8, 4) is 0 Å². The summed E-state index contributed by atoms with van der Waals surface area (Å²) in [5, 5.41) is 30.3. The normalized spacial score (nSPS) is 10.4. The number of nitrogens with one attached hydrogen (secondary N) is 1. The average molecular weight is 235 g/mol. The van der Waals surface area contributed by atoms with Gasteiger partial charge in [0.05, 0.1) is 18.6 Å². The Morgan fingerprint density at radius 1 is 1.20 bits per heavy atom. The van der Waals surface area contributed by atoms with Gasteiger partial charge in [-0.2, -0.15) is 0 Å². The maximum absolute atomic E-state index is 10.2. The van der Waals surface area contributed by atoms with Gasteiger partial charge in [-0.3, -0.25) is 10.1 Å².